The van der Waals surface area contributed by atoms with Gasteiger partial charge < -0.3 is 16.2 Å². The molecular formula is C14H17N3O. The largest absolute Gasteiger partial charge is 0.397 e. The summed E-state index contributed by atoms with van der Waals surface area (Å²) in [5.41, 5.74) is 6.65. The molecule has 1 unspecified atom stereocenters. The van der Waals surface area contributed by atoms with Crippen molar-refractivity contribution in [2.75, 3.05) is 17.7 Å². The van der Waals surface area contributed by atoms with Gasteiger partial charge in [-0.05, 0) is 24.6 Å². The molecule has 2 rings (SSSR count). The SMILES string of the molecule is CC(CO)(Nc1ccc(N)cn1)c1ccccc1. The first-order valence-electron chi connectivity index (χ1n) is 5.80. The third-order valence-corrected chi connectivity index (χ3v) is 2.92. The van der Waals surface area contributed by atoms with Crippen molar-refractivity contribution in [2.24, 2.45) is 0 Å². The Hall–Kier alpha value is -2.07. The molecule has 0 aliphatic carbocycles. The topological polar surface area (TPSA) is 71.2 Å². The summed E-state index contributed by atoms with van der Waals surface area (Å²) < 4.78 is 0. The Balaban J connectivity index is 2.26. The lowest BCUT2D eigenvalue weighted by atomic mass is 9.93. The van der Waals surface area contributed by atoms with Crippen LogP contribution in [0.25, 0.3) is 0 Å². The van der Waals surface area contributed by atoms with Gasteiger partial charge in [-0.2, -0.15) is 0 Å². The molecule has 18 heavy (non-hydrogen) atoms. The fourth-order valence-electron chi connectivity index (χ4n) is 1.77. The molecule has 0 aliphatic heterocycles. The van der Waals surface area contributed by atoms with Crippen LogP contribution >= 0.6 is 0 Å². The van der Waals surface area contributed by atoms with Crippen molar-refractivity contribution < 1.29 is 5.11 Å². The van der Waals surface area contributed by atoms with Crippen LogP contribution in [0.15, 0.2) is 48.7 Å². The van der Waals surface area contributed by atoms with Crippen LogP contribution in [0.1, 0.15) is 12.5 Å². The van der Waals surface area contributed by atoms with Crippen molar-refractivity contribution in [3.05, 3.63) is 54.2 Å². The fraction of sp³-hybridized carbons (Fsp3) is 0.214. The van der Waals surface area contributed by atoms with Crippen LogP contribution in [0.3, 0.4) is 0 Å². The second-order valence-electron chi connectivity index (χ2n) is 4.46. The van der Waals surface area contributed by atoms with Gasteiger partial charge in [0.25, 0.3) is 0 Å². The Morgan fingerprint density at radius 1 is 1.22 bits per heavy atom. The zero-order valence-electron chi connectivity index (χ0n) is 10.3. The van der Waals surface area contributed by atoms with Crippen LogP contribution in [-0.2, 0) is 5.54 Å². The van der Waals surface area contributed by atoms with Gasteiger partial charge in [0.05, 0.1) is 24.0 Å². The molecule has 0 spiro atoms. The Morgan fingerprint density at radius 3 is 2.50 bits per heavy atom. The first-order chi connectivity index (χ1) is 8.64. The van der Waals surface area contributed by atoms with E-state index in [-0.39, 0.29) is 6.61 Å². The average molecular weight is 243 g/mol. The van der Waals surface area contributed by atoms with Gasteiger partial charge in [-0.3, -0.25) is 0 Å². The van der Waals surface area contributed by atoms with Gasteiger partial charge in [0.1, 0.15) is 5.82 Å². The molecule has 0 radical (unpaired) electrons. The van der Waals surface area contributed by atoms with Crippen molar-refractivity contribution in [2.45, 2.75) is 12.5 Å². The van der Waals surface area contributed by atoms with E-state index in [1.165, 1.54) is 0 Å². The highest BCUT2D eigenvalue weighted by Gasteiger charge is 2.25. The summed E-state index contributed by atoms with van der Waals surface area (Å²) in [6.45, 7) is 1.91. The molecule has 0 saturated heterocycles. The van der Waals surface area contributed by atoms with Crippen LogP contribution < -0.4 is 11.1 Å². The van der Waals surface area contributed by atoms with Gasteiger partial charge in [0.2, 0.25) is 0 Å². The number of nitrogen functional groups attached to an aromatic ring is 1. The summed E-state index contributed by atoms with van der Waals surface area (Å²) in [7, 11) is 0. The highest BCUT2D eigenvalue weighted by Crippen LogP contribution is 2.24. The molecule has 4 heteroatoms. The molecule has 1 atom stereocenters. The number of hydrogen-bond acceptors (Lipinski definition) is 4. The van der Waals surface area contributed by atoms with Crippen LogP contribution in [-0.4, -0.2) is 16.7 Å². The van der Waals surface area contributed by atoms with E-state index in [9.17, 15) is 5.11 Å². The molecule has 4 N–H and O–H groups in total. The van der Waals surface area contributed by atoms with Crippen LogP contribution in [0, 0.1) is 0 Å². The van der Waals surface area contributed by atoms with Crippen molar-refractivity contribution in [1.82, 2.24) is 4.98 Å². The van der Waals surface area contributed by atoms with E-state index >= 15 is 0 Å². The van der Waals surface area contributed by atoms with Gasteiger partial charge in [0, 0.05) is 0 Å². The Morgan fingerprint density at radius 2 is 1.94 bits per heavy atom. The summed E-state index contributed by atoms with van der Waals surface area (Å²) in [6, 6.07) is 13.4. The predicted octanol–water partition coefficient (Wildman–Crippen LogP) is 1.98. The summed E-state index contributed by atoms with van der Waals surface area (Å²) in [5, 5.41) is 12.9. The molecule has 94 valence electrons. The second-order valence-corrected chi connectivity index (χ2v) is 4.46. The van der Waals surface area contributed by atoms with E-state index in [1.54, 1.807) is 18.3 Å². The Labute approximate surface area is 106 Å². The molecule has 1 aromatic heterocycles. The normalized spacial score (nSPS) is 13.9. The lowest BCUT2D eigenvalue weighted by Crippen LogP contribution is -2.36. The standard InChI is InChI=1S/C14H17N3O/c1-14(10-18,11-5-3-2-4-6-11)17-13-8-7-12(15)9-16-13/h2-9,18H,10,15H2,1H3,(H,16,17). The minimum absolute atomic E-state index is 0.0247. The number of aromatic nitrogens is 1. The number of benzene rings is 1. The lowest BCUT2D eigenvalue weighted by molar-refractivity contribution is 0.223. The quantitative estimate of drug-likeness (QED) is 0.768. The third-order valence-electron chi connectivity index (χ3n) is 2.92. The monoisotopic (exact) mass is 243 g/mol. The maximum atomic E-state index is 9.64. The molecule has 1 aromatic carbocycles. The molecule has 0 aliphatic rings. The van der Waals surface area contributed by atoms with Crippen LogP contribution in [0.2, 0.25) is 0 Å². The number of rotatable bonds is 4. The van der Waals surface area contributed by atoms with E-state index in [2.05, 4.69) is 10.3 Å². The molecule has 4 nitrogen and oxygen atoms in total. The maximum absolute atomic E-state index is 9.64. The molecule has 0 saturated carbocycles. The van der Waals surface area contributed by atoms with E-state index in [1.807, 2.05) is 37.3 Å². The average Bonchev–Trinajstić information content (AvgIpc) is 2.42. The van der Waals surface area contributed by atoms with Gasteiger partial charge in [0.15, 0.2) is 0 Å². The number of aliphatic hydroxyl groups excluding tert-OH is 1. The third kappa shape index (κ3) is 2.60. The molecule has 2 aromatic rings. The number of pyridine rings is 1. The van der Waals surface area contributed by atoms with E-state index in [4.69, 9.17) is 5.73 Å². The van der Waals surface area contributed by atoms with Crippen molar-refractivity contribution >= 4 is 11.5 Å². The van der Waals surface area contributed by atoms with E-state index in [0.717, 1.165) is 5.56 Å². The van der Waals surface area contributed by atoms with E-state index < -0.39 is 5.54 Å². The molecule has 1 heterocycles. The fourth-order valence-corrected chi connectivity index (χ4v) is 1.77. The van der Waals surface area contributed by atoms with Crippen molar-refractivity contribution in [1.29, 1.82) is 0 Å². The highest BCUT2D eigenvalue weighted by molar-refractivity contribution is 5.47. The van der Waals surface area contributed by atoms with Crippen molar-refractivity contribution in [3.63, 3.8) is 0 Å². The highest BCUT2D eigenvalue weighted by atomic mass is 16.3. The van der Waals surface area contributed by atoms with Gasteiger partial charge >= 0.3 is 0 Å². The molecular weight excluding hydrogens is 226 g/mol. The smallest absolute Gasteiger partial charge is 0.126 e. The number of nitrogens with one attached hydrogen (secondary N) is 1. The molecule has 0 bridgehead atoms. The van der Waals surface area contributed by atoms with Gasteiger partial charge in [-0.1, -0.05) is 30.3 Å². The van der Waals surface area contributed by atoms with Crippen molar-refractivity contribution in [3.8, 4) is 0 Å². The predicted molar refractivity (Wildman–Crippen MR) is 73.2 cm³/mol. The summed E-state index contributed by atoms with van der Waals surface area (Å²) in [5.74, 6) is 0.685. The van der Waals surface area contributed by atoms with Crippen LogP contribution in [0.4, 0.5) is 11.5 Å². The maximum Gasteiger partial charge on any atom is 0.126 e. The summed E-state index contributed by atoms with van der Waals surface area (Å²) in [4.78, 5) is 4.19. The summed E-state index contributed by atoms with van der Waals surface area (Å²) >= 11 is 0. The molecule has 0 fully saturated rings. The molecule has 0 amide bonds. The summed E-state index contributed by atoms with van der Waals surface area (Å²) in [6.07, 6.45) is 1.59. The first-order valence-corrected chi connectivity index (χ1v) is 5.80. The van der Waals surface area contributed by atoms with Gasteiger partial charge in [-0.25, -0.2) is 4.98 Å². The number of aliphatic hydroxyl groups is 1. The number of hydrogen-bond donors (Lipinski definition) is 3. The minimum atomic E-state index is -0.565. The second kappa shape index (κ2) is 5.06. The van der Waals surface area contributed by atoms with Gasteiger partial charge in [-0.15, -0.1) is 0 Å². The minimum Gasteiger partial charge on any atom is -0.397 e. The zero-order valence-corrected chi connectivity index (χ0v) is 10.3. The number of nitrogens with zero attached hydrogens (tertiary/aromatic N) is 1. The lowest BCUT2D eigenvalue weighted by Gasteiger charge is -2.30. The first kappa shape index (κ1) is 12.4. The zero-order chi connectivity index (χ0) is 13.0. The van der Waals surface area contributed by atoms with E-state index in [0.29, 0.717) is 11.5 Å². The number of nitrogens with two attached hydrogens (primary N) is 1. The number of anilines is 2. The Bertz CT molecular complexity index is 498. The Kier molecular flexibility index (Phi) is 3.48. The van der Waals surface area contributed by atoms with Crippen LogP contribution in [0.5, 0.6) is 0 Å².